The number of ether oxygens (including phenoxy) is 1. The molecule has 80 valence electrons. The number of methoxy groups -OCH3 is 1. The molecule has 15 heavy (non-hydrogen) atoms. The quantitative estimate of drug-likeness (QED) is 0.800. The zero-order valence-electron chi connectivity index (χ0n) is 9.34. The average molecular weight is 203 g/mol. The van der Waals surface area contributed by atoms with Crippen LogP contribution in [-0.2, 0) is 6.42 Å². The minimum atomic E-state index is 0.624. The average Bonchev–Trinajstić information content (AvgIpc) is 2.29. The van der Waals surface area contributed by atoms with Crippen molar-refractivity contribution in [3.05, 3.63) is 34.9 Å². The van der Waals surface area contributed by atoms with Gasteiger partial charge in [0.15, 0.2) is 0 Å². The Hall–Kier alpha value is -1.28. The van der Waals surface area contributed by atoms with Gasteiger partial charge in [-0.15, -0.1) is 0 Å². The van der Waals surface area contributed by atoms with E-state index in [1.54, 1.807) is 7.11 Å². The molecule has 0 heterocycles. The molecule has 1 aliphatic rings. The molecule has 0 aromatic heterocycles. The maximum atomic E-state index is 5.74. The molecule has 0 amide bonds. The third kappa shape index (κ3) is 1.65. The van der Waals surface area contributed by atoms with Gasteiger partial charge in [0, 0.05) is 6.54 Å². The minimum Gasteiger partial charge on any atom is -0.496 e. The number of benzene rings is 1. The number of nitrogens with two attached hydrogens (primary N) is 1. The van der Waals surface area contributed by atoms with Gasteiger partial charge in [-0.25, -0.2) is 0 Å². The standard InChI is InChI=1S/C13H17NO/c1-9-11-5-3-4-10(8-14)12(11)6-7-13(9)15-2/h4,6-7H,3,5,8,14H2,1-2H3. The second-order valence-electron chi connectivity index (χ2n) is 3.89. The van der Waals surface area contributed by atoms with Crippen LogP contribution in [0.2, 0.25) is 0 Å². The molecule has 1 aliphatic carbocycles. The fourth-order valence-corrected chi connectivity index (χ4v) is 2.27. The molecule has 0 atom stereocenters. The maximum absolute atomic E-state index is 5.74. The van der Waals surface area contributed by atoms with Crippen LogP contribution in [0.3, 0.4) is 0 Å². The highest BCUT2D eigenvalue weighted by Crippen LogP contribution is 2.32. The van der Waals surface area contributed by atoms with Crippen LogP contribution in [0.25, 0.3) is 5.57 Å². The summed E-state index contributed by atoms with van der Waals surface area (Å²) >= 11 is 0. The Kier molecular flexibility index (Phi) is 2.78. The number of allylic oxidation sites excluding steroid dienone is 1. The molecule has 0 aliphatic heterocycles. The predicted molar refractivity (Wildman–Crippen MR) is 63.1 cm³/mol. The summed E-state index contributed by atoms with van der Waals surface area (Å²) in [5.41, 5.74) is 11.0. The van der Waals surface area contributed by atoms with Gasteiger partial charge in [-0.2, -0.15) is 0 Å². The van der Waals surface area contributed by atoms with Gasteiger partial charge in [0.25, 0.3) is 0 Å². The van der Waals surface area contributed by atoms with E-state index in [1.165, 1.54) is 22.3 Å². The van der Waals surface area contributed by atoms with E-state index in [2.05, 4.69) is 19.1 Å². The van der Waals surface area contributed by atoms with Crippen LogP contribution in [0, 0.1) is 6.92 Å². The fourth-order valence-electron chi connectivity index (χ4n) is 2.27. The first-order valence-electron chi connectivity index (χ1n) is 5.34. The van der Waals surface area contributed by atoms with Gasteiger partial charge in [0.05, 0.1) is 7.11 Å². The van der Waals surface area contributed by atoms with Crippen LogP contribution >= 0.6 is 0 Å². The van der Waals surface area contributed by atoms with Crippen molar-refractivity contribution >= 4 is 5.57 Å². The SMILES string of the molecule is COc1ccc2c(c1C)CCC=C2CN. The largest absolute Gasteiger partial charge is 0.496 e. The summed E-state index contributed by atoms with van der Waals surface area (Å²) in [4.78, 5) is 0. The summed E-state index contributed by atoms with van der Waals surface area (Å²) in [6.45, 7) is 2.75. The monoisotopic (exact) mass is 203 g/mol. The van der Waals surface area contributed by atoms with E-state index in [4.69, 9.17) is 10.5 Å². The Morgan fingerprint density at radius 2 is 2.20 bits per heavy atom. The highest BCUT2D eigenvalue weighted by Gasteiger charge is 2.15. The lowest BCUT2D eigenvalue weighted by Crippen LogP contribution is -2.10. The van der Waals surface area contributed by atoms with Gasteiger partial charge in [-0.3, -0.25) is 0 Å². The third-order valence-electron chi connectivity index (χ3n) is 3.12. The highest BCUT2D eigenvalue weighted by atomic mass is 16.5. The van der Waals surface area contributed by atoms with Crippen molar-refractivity contribution in [2.75, 3.05) is 13.7 Å². The second kappa shape index (κ2) is 4.07. The van der Waals surface area contributed by atoms with Crippen LogP contribution in [0.4, 0.5) is 0 Å². The summed E-state index contributed by atoms with van der Waals surface area (Å²) in [6.07, 6.45) is 4.43. The van der Waals surface area contributed by atoms with Crippen LogP contribution in [-0.4, -0.2) is 13.7 Å². The zero-order valence-corrected chi connectivity index (χ0v) is 9.34. The van der Waals surface area contributed by atoms with Gasteiger partial charge >= 0.3 is 0 Å². The molecule has 0 spiro atoms. The van der Waals surface area contributed by atoms with Crippen LogP contribution in [0.15, 0.2) is 18.2 Å². The molecule has 0 radical (unpaired) electrons. The summed E-state index contributed by atoms with van der Waals surface area (Å²) in [5.74, 6) is 0.979. The van der Waals surface area contributed by atoms with Crippen molar-refractivity contribution < 1.29 is 4.74 Å². The van der Waals surface area contributed by atoms with Crippen molar-refractivity contribution in [1.29, 1.82) is 0 Å². The molecule has 0 bridgehead atoms. The first-order chi connectivity index (χ1) is 7.27. The Balaban J connectivity index is 2.55. The molecular formula is C13H17NO. The Morgan fingerprint density at radius 3 is 2.87 bits per heavy atom. The van der Waals surface area contributed by atoms with E-state index in [-0.39, 0.29) is 0 Å². The normalized spacial score (nSPS) is 14.5. The fraction of sp³-hybridized carbons (Fsp3) is 0.385. The van der Waals surface area contributed by atoms with Crippen LogP contribution in [0.1, 0.15) is 23.1 Å². The molecule has 1 aromatic carbocycles. The third-order valence-corrected chi connectivity index (χ3v) is 3.12. The van der Waals surface area contributed by atoms with Gasteiger partial charge in [0.1, 0.15) is 5.75 Å². The summed E-state index contributed by atoms with van der Waals surface area (Å²) in [5, 5.41) is 0. The molecule has 2 heteroatoms. The Labute approximate surface area is 90.7 Å². The van der Waals surface area contributed by atoms with Crippen molar-refractivity contribution in [2.45, 2.75) is 19.8 Å². The summed E-state index contributed by atoms with van der Waals surface area (Å²) in [7, 11) is 1.72. The van der Waals surface area contributed by atoms with E-state index >= 15 is 0 Å². The molecule has 0 unspecified atom stereocenters. The first-order valence-corrected chi connectivity index (χ1v) is 5.34. The smallest absolute Gasteiger partial charge is 0.122 e. The number of hydrogen-bond donors (Lipinski definition) is 1. The van der Waals surface area contributed by atoms with Gasteiger partial charge in [-0.05, 0) is 48.1 Å². The van der Waals surface area contributed by atoms with E-state index in [0.717, 1.165) is 18.6 Å². The predicted octanol–water partition coefficient (Wildman–Crippen LogP) is 2.29. The van der Waals surface area contributed by atoms with E-state index in [1.807, 2.05) is 6.07 Å². The van der Waals surface area contributed by atoms with Crippen molar-refractivity contribution in [1.82, 2.24) is 0 Å². The lowest BCUT2D eigenvalue weighted by atomic mass is 9.87. The van der Waals surface area contributed by atoms with Crippen LogP contribution in [0.5, 0.6) is 5.75 Å². The molecule has 2 nitrogen and oxygen atoms in total. The topological polar surface area (TPSA) is 35.2 Å². The summed E-state index contributed by atoms with van der Waals surface area (Å²) in [6, 6.07) is 4.15. The zero-order chi connectivity index (χ0) is 10.8. The Bertz CT molecular complexity index is 407. The molecular weight excluding hydrogens is 186 g/mol. The molecule has 0 saturated heterocycles. The van der Waals surface area contributed by atoms with E-state index in [0.29, 0.717) is 6.54 Å². The van der Waals surface area contributed by atoms with E-state index in [9.17, 15) is 0 Å². The second-order valence-corrected chi connectivity index (χ2v) is 3.89. The van der Waals surface area contributed by atoms with Crippen molar-refractivity contribution in [2.24, 2.45) is 5.73 Å². The molecule has 2 rings (SSSR count). The molecule has 2 N–H and O–H groups in total. The van der Waals surface area contributed by atoms with Gasteiger partial charge in [0.2, 0.25) is 0 Å². The van der Waals surface area contributed by atoms with E-state index < -0.39 is 0 Å². The minimum absolute atomic E-state index is 0.624. The van der Waals surface area contributed by atoms with Crippen molar-refractivity contribution in [3.8, 4) is 5.75 Å². The molecule has 1 aromatic rings. The van der Waals surface area contributed by atoms with Crippen molar-refractivity contribution in [3.63, 3.8) is 0 Å². The number of rotatable bonds is 2. The highest BCUT2D eigenvalue weighted by molar-refractivity contribution is 5.73. The van der Waals surface area contributed by atoms with Crippen LogP contribution < -0.4 is 10.5 Å². The Morgan fingerprint density at radius 1 is 1.40 bits per heavy atom. The molecule has 0 saturated carbocycles. The number of hydrogen-bond acceptors (Lipinski definition) is 2. The van der Waals surface area contributed by atoms with Gasteiger partial charge < -0.3 is 10.5 Å². The van der Waals surface area contributed by atoms with Gasteiger partial charge in [-0.1, -0.05) is 12.1 Å². The maximum Gasteiger partial charge on any atom is 0.122 e. The molecule has 0 fully saturated rings. The first kappa shape index (κ1) is 10.2. The number of fused-ring (bicyclic) bond motifs is 1. The lowest BCUT2D eigenvalue weighted by molar-refractivity contribution is 0.411. The lowest BCUT2D eigenvalue weighted by Gasteiger charge is -2.20. The summed E-state index contributed by atoms with van der Waals surface area (Å²) < 4.78 is 5.33.